The van der Waals surface area contributed by atoms with E-state index in [0.29, 0.717) is 5.02 Å². The van der Waals surface area contributed by atoms with E-state index in [1.165, 1.54) is 11.1 Å². The largest absolute Gasteiger partial charge is 0.276 e. The fraction of sp³-hybridized carbons (Fsp3) is 0.118. The zero-order valence-electron chi connectivity index (χ0n) is 11.4. The summed E-state index contributed by atoms with van der Waals surface area (Å²) in [5, 5.41) is 8.06. The topological polar surface area (TPSA) is 28.7 Å². The van der Waals surface area contributed by atoms with Crippen LogP contribution in [0.5, 0.6) is 0 Å². The van der Waals surface area contributed by atoms with E-state index in [1.54, 1.807) is 0 Å². The van der Waals surface area contributed by atoms with Gasteiger partial charge in [-0.15, -0.1) is 0 Å². The maximum absolute atomic E-state index is 6.48. The first kappa shape index (κ1) is 12.9. The molecule has 0 saturated carbocycles. The van der Waals surface area contributed by atoms with Crippen LogP contribution in [0.2, 0.25) is 5.02 Å². The van der Waals surface area contributed by atoms with Gasteiger partial charge in [0.25, 0.3) is 0 Å². The van der Waals surface area contributed by atoms with E-state index in [0.717, 1.165) is 22.5 Å². The third kappa shape index (κ3) is 2.35. The Morgan fingerprint density at radius 1 is 0.800 bits per heavy atom. The summed E-state index contributed by atoms with van der Waals surface area (Å²) in [6, 6.07) is 16.4. The predicted octanol–water partition coefficient (Wildman–Crippen LogP) is 5.01. The standard InChI is InChI=1S/C17H15ClN2/c1-11-3-7-13(8-4-11)16-15(18)17(20-19-16)14-9-5-12(2)6-10-14/h3-10H,1-2H3,(H,19,20). The number of nitrogens with zero attached hydrogens (tertiary/aromatic N) is 1. The fourth-order valence-corrected chi connectivity index (χ4v) is 2.45. The van der Waals surface area contributed by atoms with Crippen LogP contribution < -0.4 is 0 Å². The van der Waals surface area contributed by atoms with E-state index in [2.05, 4.69) is 48.3 Å². The van der Waals surface area contributed by atoms with Gasteiger partial charge in [-0.1, -0.05) is 71.3 Å². The molecule has 3 aromatic rings. The summed E-state index contributed by atoms with van der Waals surface area (Å²) in [5.74, 6) is 0. The monoisotopic (exact) mass is 282 g/mol. The Labute approximate surface area is 123 Å². The van der Waals surface area contributed by atoms with Gasteiger partial charge in [0, 0.05) is 11.1 Å². The van der Waals surface area contributed by atoms with Gasteiger partial charge in [-0.2, -0.15) is 5.10 Å². The van der Waals surface area contributed by atoms with Crippen molar-refractivity contribution in [3.8, 4) is 22.5 Å². The quantitative estimate of drug-likeness (QED) is 0.703. The molecule has 100 valence electrons. The Balaban J connectivity index is 2.04. The van der Waals surface area contributed by atoms with Crippen molar-refractivity contribution in [2.75, 3.05) is 0 Å². The molecule has 0 saturated heterocycles. The van der Waals surface area contributed by atoms with Crippen LogP contribution in [-0.4, -0.2) is 10.2 Å². The molecule has 0 atom stereocenters. The molecule has 1 heterocycles. The van der Waals surface area contributed by atoms with Gasteiger partial charge in [0.05, 0.1) is 10.7 Å². The Kier molecular flexibility index (Phi) is 3.33. The highest BCUT2D eigenvalue weighted by Crippen LogP contribution is 2.34. The average Bonchev–Trinajstić information content (AvgIpc) is 2.83. The van der Waals surface area contributed by atoms with E-state index in [4.69, 9.17) is 11.6 Å². The Bertz CT molecular complexity index is 662. The van der Waals surface area contributed by atoms with Crippen molar-refractivity contribution in [1.82, 2.24) is 10.2 Å². The molecule has 3 heteroatoms. The Hall–Kier alpha value is -2.06. The summed E-state index contributed by atoms with van der Waals surface area (Å²) in [6.45, 7) is 4.13. The van der Waals surface area contributed by atoms with Gasteiger partial charge in [0.15, 0.2) is 0 Å². The minimum Gasteiger partial charge on any atom is -0.276 e. The molecule has 0 aliphatic carbocycles. The van der Waals surface area contributed by atoms with Crippen molar-refractivity contribution in [2.45, 2.75) is 13.8 Å². The van der Waals surface area contributed by atoms with Crippen LogP contribution >= 0.6 is 11.6 Å². The van der Waals surface area contributed by atoms with Crippen LogP contribution in [0.1, 0.15) is 11.1 Å². The second-order valence-electron chi connectivity index (χ2n) is 4.99. The van der Waals surface area contributed by atoms with Gasteiger partial charge in [0.1, 0.15) is 5.69 Å². The number of aromatic amines is 1. The van der Waals surface area contributed by atoms with Crippen molar-refractivity contribution in [2.24, 2.45) is 0 Å². The highest BCUT2D eigenvalue weighted by molar-refractivity contribution is 6.35. The smallest absolute Gasteiger partial charge is 0.111 e. The lowest BCUT2D eigenvalue weighted by atomic mass is 10.1. The Morgan fingerprint density at radius 3 is 1.85 bits per heavy atom. The zero-order chi connectivity index (χ0) is 14.1. The van der Waals surface area contributed by atoms with Crippen molar-refractivity contribution in [3.63, 3.8) is 0 Å². The van der Waals surface area contributed by atoms with E-state index >= 15 is 0 Å². The van der Waals surface area contributed by atoms with E-state index in [-0.39, 0.29) is 0 Å². The lowest BCUT2D eigenvalue weighted by Gasteiger charge is -2.01. The molecule has 1 aromatic heterocycles. The number of rotatable bonds is 2. The summed E-state index contributed by atoms with van der Waals surface area (Å²) in [7, 11) is 0. The molecule has 0 fully saturated rings. The van der Waals surface area contributed by atoms with E-state index in [1.807, 2.05) is 24.3 Å². The van der Waals surface area contributed by atoms with Crippen LogP contribution in [0.3, 0.4) is 0 Å². The van der Waals surface area contributed by atoms with Gasteiger partial charge in [-0.3, -0.25) is 5.10 Å². The normalized spacial score (nSPS) is 10.8. The van der Waals surface area contributed by atoms with E-state index in [9.17, 15) is 0 Å². The molecule has 1 N–H and O–H groups in total. The first-order chi connectivity index (χ1) is 9.65. The van der Waals surface area contributed by atoms with Crippen LogP contribution in [0.4, 0.5) is 0 Å². The second kappa shape index (κ2) is 5.14. The molecule has 0 aliphatic rings. The maximum atomic E-state index is 6.48. The number of benzene rings is 2. The summed E-state index contributed by atoms with van der Waals surface area (Å²) in [6.07, 6.45) is 0. The van der Waals surface area contributed by atoms with Gasteiger partial charge in [-0.05, 0) is 13.8 Å². The third-order valence-electron chi connectivity index (χ3n) is 3.37. The predicted molar refractivity (Wildman–Crippen MR) is 83.9 cm³/mol. The van der Waals surface area contributed by atoms with Gasteiger partial charge in [-0.25, -0.2) is 0 Å². The van der Waals surface area contributed by atoms with Gasteiger partial charge >= 0.3 is 0 Å². The first-order valence-corrected chi connectivity index (χ1v) is 6.91. The fourth-order valence-electron chi connectivity index (χ4n) is 2.14. The summed E-state index contributed by atoms with van der Waals surface area (Å²) >= 11 is 6.48. The van der Waals surface area contributed by atoms with Crippen molar-refractivity contribution >= 4 is 11.6 Å². The molecule has 0 radical (unpaired) electrons. The van der Waals surface area contributed by atoms with Gasteiger partial charge in [0.2, 0.25) is 0 Å². The molecule has 2 nitrogen and oxygen atoms in total. The van der Waals surface area contributed by atoms with Crippen LogP contribution in [-0.2, 0) is 0 Å². The van der Waals surface area contributed by atoms with Gasteiger partial charge < -0.3 is 0 Å². The molecular weight excluding hydrogens is 268 g/mol. The van der Waals surface area contributed by atoms with Crippen molar-refractivity contribution in [3.05, 3.63) is 64.7 Å². The summed E-state index contributed by atoms with van der Waals surface area (Å²) < 4.78 is 0. The molecule has 2 aromatic carbocycles. The second-order valence-corrected chi connectivity index (χ2v) is 5.37. The van der Waals surface area contributed by atoms with Crippen molar-refractivity contribution in [1.29, 1.82) is 0 Å². The molecule has 0 aliphatic heterocycles. The third-order valence-corrected chi connectivity index (χ3v) is 3.74. The molecule has 0 unspecified atom stereocenters. The summed E-state index contributed by atoms with van der Waals surface area (Å²) in [5.41, 5.74) is 6.17. The highest BCUT2D eigenvalue weighted by Gasteiger charge is 2.14. The number of hydrogen-bond acceptors (Lipinski definition) is 1. The number of H-pyrrole nitrogens is 1. The molecule has 20 heavy (non-hydrogen) atoms. The summed E-state index contributed by atoms with van der Waals surface area (Å²) in [4.78, 5) is 0. The molecular formula is C17H15ClN2. The van der Waals surface area contributed by atoms with Crippen LogP contribution in [0, 0.1) is 13.8 Å². The first-order valence-electron chi connectivity index (χ1n) is 6.53. The lowest BCUT2D eigenvalue weighted by molar-refractivity contribution is 1.10. The number of hydrogen-bond donors (Lipinski definition) is 1. The minimum absolute atomic E-state index is 0.665. The van der Waals surface area contributed by atoms with Crippen LogP contribution in [0.25, 0.3) is 22.5 Å². The number of aromatic nitrogens is 2. The maximum Gasteiger partial charge on any atom is 0.111 e. The molecule has 0 bridgehead atoms. The highest BCUT2D eigenvalue weighted by atomic mass is 35.5. The lowest BCUT2D eigenvalue weighted by Crippen LogP contribution is -1.80. The van der Waals surface area contributed by atoms with Crippen molar-refractivity contribution < 1.29 is 0 Å². The van der Waals surface area contributed by atoms with E-state index < -0.39 is 0 Å². The molecule has 0 spiro atoms. The molecule has 0 amide bonds. The average molecular weight is 283 g/mol. The Morgan fingerprint density at radius 2 is 1.30 bits per heavy atom. The zero-order valence-corrected chi connectivity index (χ0v) is 12.2. The SMILES string of the molecule is Cc1ccc(-c2n[nH]c(-c3ccc(C)cc3)c2Cl)cc1. The number of aryl methyl sites for hydroxylation is 2. The number of nitrogens with one attached hydrogen (secondary N) is 1. The number of halogens is 1. The minimum atomic E-state index is 0.665. The van der Waals surface area contributed by atoms with Crippen LogP contribution in [0.15, 0.2) is 48.5 Å². The molecule has 3 rings (SSSR count).